The summed E-state index contributed by atoms with van der Waals surface area (Å²) in [7, 11) is 0. The second kappa shape index (κ2) is 6.51. The molecule has 1 N–H and O–H groups in total. The topological polar surface area (TPSA) is 75.4 Å². The number of aliphatic carboxylic acids is 1. The van der Waals surface area contributed by atoms with Crippen LogP contribution in [-0.2, 0) is 16.0 Å². The van der Waals surface area contributed by atoms with Crippen LogP contribution in [0.1, 0.15) is 23.4 Å². The van der Waals surface area contributed by atoms with Crippen molar-refractivity contribution in [2.45, 2.75) is 32.4 Å². The van der Waals surface area contributed by atoms with E-state index in [9.17, 15) is 18.4 Å². The third-order valence-electron chi connectivity index (χ3n) is 4.80. The molecule has 1 aliphatic heterocycles. The second-order valence-corrected chi connectivity index (χ2v) is 6.55. The standard InChI is InChI=1S/C18H19F2N3O3/c1-11-15(9-16(24)22-8-7-18(20,10-22)17(25)26)12(2)23(21-11)14-5-3-13(19)4-6-14/h3-6H,7-10H2,1-2H3,(H,25,26). The number of halogens is 2. The Labute approximate surface area is 149 Å². The van der Waals surface area contributed by atoms with Crippen molar-refractivity contribution in [3.63, 3.8) is 0 Å². The number of hydrogen-bond acceptors (Lipinski definition) is 3. The largest absolute Gasteiger partial charge is 0.479 e. The van der Waals surface area contributed by atoms with Crippen LogP contribution in [0, 0.1) is 19.7 Å². The fraction of sp³-hybridized carbons (Fsp3) is 0.389. The molecule has 1 aliphatic rings. The predicted octanol–water partition coefficient (Wildman–Crippen LogP) is 2.20. The van der Waals surface area contributed by atoms with Crippen LogP contribution in [-0.4, -0.2) is 50.4 Å². The number of amides is 1. The van der Waals surface area contributed by atoms with Gasteiger partial charge in [-0.3, -0.25) is 4.79 Å². The maximum atomic E-state index is 14.2. The lowest BCUT2D eigenvalue weighted by atomic mass is 10.1. The fourth-order valence-electron chi connectivity index (χ4n) is 3.19. The molecule has 1 aromatic heterocycles. The molecule has 2 heterocycles. The first-order valence-electron chi connectivity index (χ1n) is 8.22. The molecule has 8 heteroatoms. The van der Waals surface area contributed by atoms with Crippen molar-refractivity contribution in [2.24, 2.45) is 0 Å². The predicted molar refractivity (Wildman–Crippen MR) is 89.4 cm³/mol. The molecule has 26 heavy (non-hydrogen) atoms. The number of carbonyl (C=O) groups excluding carboxylic acids is 1. The zero-order chi connectivity index (χ0) is 19.1. The maximum Gasteiger partial charge on any atom is 0.343 e. The number of carbonyl (C=O) groups is 2. The van der Waals surface area contributed by atoms with Crippen LogP contribution in [0.25, 0.3) is 5.69 Å². The van der Waals surface area contributed by atoms with Crippen molar-refractivity contribution in [3.8, 4) is 5.69 Å². The van der Waals surface area contributed by atoms with Gasteiger partial charge in [-0.2, -0.15) is 5.10 Å². The number of alkyl halides is 1. The summed E-state index contributed by atoms with van der Waals surface area (Å²) in [6, 6.07) is 5.83. The Balaban J connectivity index is 1.79. The van der Waals surface area contributed by atoms with Crippen LogP contribution in [0.5, 0.6) is 0 Å². The molecule has 0 bridgehead atoms. The summed E-state index contributed by atoms with van der Waals surface area (Å²) in [5, 5.41) is 13.3. The number of carboxylic acids is 1. The summed E-state index contributed by atoms with van der Waals surface area (Å²) < 4.78 is 28.9. The third kappa shape index (κ3) is 3.18. The lowest BCUT2D eigenvalue weighted by Crippen LogP contribution is -2.39. The molecule has 1 saturated heterocycles. The van der Waals surface area contributed by atoms with Crippen molar-refractivity contribution < 1.29 is 23.5 Å². The van der Waals surface area contributed by atoms with E-state index in [1.807, 2.05) is 0 Å². The minimum atomic E-state index is -2.38. The number of aryl methyl sites for hydroxylation is 1. The van der Waals surface area contributed by atoms with Crippen LogP contribution in [0.4, 0.5) is 8.78 Å². The molecular formula is C18H19F2N3O3. The number of hydrogen-bond donors (Lipinski definition) is 1. The van der Waals surface area contributed by atoms with Crippen LogP contribution in [0.2, 0.25) is 0 Å². The first-order chi connectivity index (χ1) is 12.2. The van der Waals surface area contributed by atoms with Gasteiger partial charge in [-0.1, -0.05) is 0 Å². The van der Waals surface area contributed by atoms with E-state index in [1.165, 1.54) is 17.0 Å². The molecule has 1 amide bonds. The molecule has 1 atom stereocenters. The fourth-order valence-corrected chi connectivity index (χ4v) is 3.19. The quantitative estimate of drug-likeness (QED) is 0.904. The SMILES string of the molecule is Cc1nn(-c2ccc(F)cc2)c(C)c1CC(=O)N1CCC(F)(C(=O)O)C1. The van der Waals surface area contributed by atoms with Gasteiger partial charge in [-0.25, -0.2) is 18.3 Å². The number of aromatic nitrogens is 2. The van der Waals surface area contributed by atoms with E-state index in [4.69, 9.17) is 5.11 Å². The summed E-state index contributed by atoms with van der Waals surface area (Å²) in [5.41, 5.74) is 0.361. The Morgan fingerprint density at radius 3 is 2.50 bits per heavy atom. The Morgan fingerprint density at radius 1 is 1.27 bits per heavy atom. The first kappa shape index (κ1) is 18.0. The second-order valence-electron chi connectivity index (χ2n) is 6.55. The minimum absolute atomic E-state index is 0.00849. The molecule has 2 aromatic rings. The molecule has 138 valence electrons. The maximum absolute atomic E-state index is 14.2. The Hall–Kier alpha value is -2.77. The van der Waals surface area contributed by atoms with Crippen molar-refractivity contribution in [1.29, 1.82) is 0 Å². The number of likely N-dealkylation sites (tertiary alicyclic amines) is 1. The molecular weight excluding hydrogens is 344 g/mol. The van der Waals surface area contributed by atoms with Crippen LogP contribution >= 0.6 is 0 Å². The highest BCUT2D eigenvalue weighted by atomic mass is 19.1. The average molecular weight is 363 g/mol. The van der Waals surface area contributed by atoms with Gasteiger partial charge in [0.25, 0.3) is 0 Å². The molecule has 0 saturated carbocycles. The van der Waals surface area contributed by atoms with E-state index in [0.717, 1.165) is 5.69 Å². The van der Waals surface area contributed by atoms with Gasteiger partial charge in [0.2, 0.25) is 11.6 Å². The molecule has 1 unspecified atom stereocenters. The lowest BCUT2D eigenvalue weighted by molar-refractivity contribution is -0.150. The van der Waals surface area contributed by atoms with Gasteiger partial charge in [0, 0.05) is 24.2 Å². The van der Waals surface area contributed by atoms with Crippen LogP contribution < -0.4 is 0 Å². The number of nitrogens with zero attached hydrogens (tertiary/aromatic N) is 3. The first-order valence-corrected chi connectivity index (χ1v) is 8.22. The average Bonchev–Trinajstić information content (AvgIpc) is 3.12. The zero-order valence-electron chi connectivity index (χ0n) is 14.5. The van der Waals surface area contributed by atoms with Gasteiger partial charge < -0.3 is 10.0 Å². The molecule has 1 aromatic carbocycles. The number of rotatable bonds is 4. The summed E-state index contributed by atoms with van der Waals surface area (Å²) >= 11 is 0. The number of benzene rings is 1. The summed E-state index contributed by atoms with van der Waals surface area (Å²) in [6.07, 6.45) is -0.199. The van der Waals surface area contributed by atoms with Crippen molar-refractivity contribution in [2.75, 3.05) is 13.1 Å². The number of carboxylic acid groups (broad SMARTS) is 1. The van der Waals surface area contributed by atoms with Crippen molar-refractivity contribution >= 4 is 11.9 Å². The van der Waals surface area contributed by atoms with Gasteiger partial charge in [0.15, 0.2) is 0 Å². The van der Waals surface area contributed by atoms with E-state index >= 15 is 0 Å². The molecule has 3 rings (SSSR count). The Bertz CT molecular complexity index is 863. The summed E-state index contributed by atoms with van der Waals surface area (Å²) in [6.45, 7) is 3.19. The molecule has 0 radical (unpaired) electrons. The monoisotopic (exact) mass is 363 g/mol. The lowest BCUT2D eigenvalue weighted by Gasteiger charge is -2.18. The Kier molecular flexibility index (Phi) is 4.52. The molecule has 0 spiro atoms. The normalized spacial score (nSPS) is 19.8. The van der Waals surface area contributed by atoms with Crippen LogP contribution in [0.3, 0.4) is 0 Å². The van der Waals surface area contributed by atoms with Gasteiger partial charge >= 0.3 is 5.97 Å². The van der Waals surface area contributed by atoms with E-state index in [1.54, 1.807) is 30.7 Å². The molecule has 6 nitrogen and oxygen atoms in total. The van der Waals surface area contributed by atoms with Crippen molar-refractivity contribution in [1.82, 2.24) is 14.7 Å². The highest BCUT2D eigenvalue weighted by Gasteiger charge is 2.46. The third-order valence-corrected chi connectivity index (χ3v) is 4.80. The zero-order valence-corrected chi connectivity index (χ0v) is 14.5. The van der Waals surface area contributed by atoms with E-state index in [2.05, 4.69) is 5.10 Å². The van der Waals surface area contributed by atoms with Crippen molar-refractivity contribution in [3.05, 3.63) is 47.0 Å². The Morgan fingerprint density at radius 2 is 1.92 bits per heavy atom. The van der Waals surface area contributed by atoms with Gasteiger partial charge in [0.05, 0.1) is 24.3 Å². The highest BCUT2D eigenvalue weighted by Crippen LogP contribution is 2.27. The van der Waals surface area contributed by atoms with E-state index in [0.29, 0.717) is 16.9 Å². The summed E-state index contributed by atoms with van der Waals surface area (Å²) in [4.78, 5) is 24.7. The smallest absolute Gasteiger partial charge is 0.343 e. The molecule has 0 aliphatic carbocycles. The minimum Gasteiger partial charge on any atom is -0.479 e. The van der Waals surface area contributed by atoms with Crippen LogP contribution in [0.15, 0.2) is 24.3 Å². The van der Waals surface area contributed by atoms with Gasteiger partial charge in [0.1, 0.15) is 5.82 Å². The van der Waals surface area contributed by atoms with Gasteiger partial charge in [-0.05, 0) is 38.1 Å². The van der Waals surface area contributed by atoms with Gasteiger partial charge in [-0.15, -0.1) is 0 Å². The highest BCUT2D eigenvalue weighted by molar-refractivity contribution is 5.83. The van der Waals surface area contributed by atoms with E-state index < -0.39 is 18.2 Å². The molecule has 1 fully saturated rings. The van der Waals surface area contributed by atoms with E-state index in [-0.39, 0.29) is 31.1 Å². The summed E-state index contributed by atoms with van der Waals surface area (Å²) in [5.74, 6) is -2.23.